The van der Waals surface area contributed by atoms with E-state index in [2.05, 4.69) is 4.72 Å². The highest BCUT2D eigenvalue weighted by molar-refractivity contribution is 7.92. The Morgan fingerprint density at radius 1 is 1.29 bits per heavy atom. The van der Waals surface area contributed by atoms with E-state index in [0.29, 0.717) is 22.9 Å². The van der Waals surface area contributed by atoms with Gasteiger partial charge in [-0.25, -0.2) is 8.42 Å². The summed E-state index contributed by atoms with van der Waals surface area (Å²) in [5, 5.41) is 9.83. The molecule has 1 aromatic heterocycles. The van der Waals surface area contributed by atoms with Gasteiger partial charge < -0.3 is 9.67 Å². The van der Waals surface area contributed by atoms with Crippen LogP contribution in [0.3, 0.4) is 0 Å². The van der Waals surface area contributed by atoms with Crippen molar-refractivity contribution < 1.29 is 13.5 Å². The Morgan fingerprint density at radius 2 is 1.95 bits per heavy atom. The Kier molecular flexibility index (Phi) is 4.92. The van der Waals surface area contributed by atoms with Crippen LogP contribution in [0.2, 0.25) is 5.02 Å². The van der Waals surface area contributed by atoms with E-state index < -0.39 is 10.0 Å². The molecule has 0 aliphatic carbocycles. The third-order valence-corrected chi connectivity index (χ3v) is 4.59. The number of benzene rings is 1. The van der Waals surface area contributed by atoms with E-state index in [0.717, 1.165) is 6.42 Å². The van der Waals surface area contributed by atoms with Crippen LogP contribution in [0, 0.1) is 0 Å². The third-order valence-electron chi connectivity index (χ3n) is 2.99. The van der Waals surface area contributed by atoms with Crippen molar-refractivity contribution in [1.29, 1.82) is 0 Å². The summed E-state index contributed by atoms with van der Waals surface area (Å²) in [6, 6.07) is 7.89. The Hall–Kier alpha value is -1.50. The first-order chi connectivity index (χ1) is 9.96. The van der Waals surface area contributed by atoms with Crippen molar-refractivity contribution in [2.24, 2.45) is 0 Å². The summed E-state index contributed by atoms with van der Waals surface area (Å²) in [7, 11) is -3.68. The second-order valence-electron chi connectivity index (χ2n) is 4.63. The number of aromatic nitrogens is 1. The van der Waals surface area contributed by atoms with Crippen LogP contribution in [-0.2, 0) is 23.2 Å². The maximum Gasteiger partial charge on any atom is 0.263 e. The van der Waals surface area contributed by atoms with Gasteiger partial charge in [-0.3, -0.25) is 4.72 Å². The fourth-order valence-corrected chi connectivity index (χ4v) is 3.23. The van der Waals surface area contributed by atoms with Crippen molar-refractivity contribution in [1.82, 2.24) is 4.57 Å². The first-order valence-electron chi connectivity index (χ1n) is 6.54. The Balaban J connectivity index is 2.28. The second kappa shape index (κ2) is 6.51. The molecule has 0 saturated heterocycles. The number of anilines is 1. The molecule has 2 rings (SSSR count). The predicted molar refractivity (Wildman–Crippen MR) is 82.9 cm³/mol. The lowest BCUT2D eigenvalue weighted by molar-refractivity contribution is 0.270. The summed E-state index contributed by atoms with van der Waals surface area (Å²) in [5.41, 5.74) is 1.02. The van der Waals surface area contributed by atoms with Crippen LogP contribution >= 0.6 is 11.6 Å². The SMILES string of the molecule is CCCn1cc(S(=O)(=O)Nc2ccc(Cl)cc2)cc1CO. The number of sulfonamides is 1. The van der Waals surface area contributed by atoms with Crippen LogP contribution in [0.5, 0.6) is 0 Å². The quantitative estimate of drug-likeness (QED) is 0.856. The number of hydrogen-bond acceptors (Lipinski definition) is 3. The first kappa shape index (κ1) is 15.9. The summed E-state index contributed by atoms with van der Waals surface area (Å²) in [4.78, 5) is 0.134. The van der Waals surface area contributed by atoms with E-state index in [1.54, 1.807) is 28.8 Å². The average molecular weight is 329 g/mol. The van der Waals surface area contributed by atoms with Gasteiger partial charge >= 0.3 is 0 Å². The smallest absolute Gasteiger partial charge is 0.263 e. The van der Waals surface area contributed by atoms with Gasteiger partial charge in [0.2, 0.25) is 0 Å². The maximum absolute atomic E-state index is 12.3. The highest BCUT2D eigenvalue weighted by atomic mass is 35.5. The van der Waals surface area contributed by atoms with Crippen LogP contribution in [0.25, 0.3) is 0 Å². The van der Waals surface area contributed by atoms with E-state index in [4.69, 9.17) is 11.6 Å². The van der Waals surface area contributed by atoms with Crippen LogP contribution in [0.1, 0.15) is 19.0 Å². The molecule has 2 aromatic rings. The van der Waals surface area contributed by atoms with Crippen LogP contribution in [0.15, 0.2) is 41.4 Å². The van der Waals surface area contributed by atoms with Gasteiger partial charge in [0.25, 0.3) is 10.0 Å². The highest BCUT2D eigenvalue weighted by Crippen LogP contribution is 2.20. The van der Waals surface area contributed by atoms with E-state index in [9.17, 15) is 13.5 Å². The lowest BCUT2D eigenvalue weighted by atomic mass is 10.3. The molecule has 0 fully saturated rings. The van der Waals surface area contributed by atoms with Gasteiger partial charge in [0, 0.05) is 29.1 Å². The Morgan fingerprint density at radius 3 is 2.52 bits per heavy atom. The zero-order chi connectivity index (χ0) is 15.5. The minimum atomic E-state index is -3.68. The molecule has 0 spiro atoms. The Bertz CT molecular complexity index is 708. The van der Waals surface area contributed by atoms with E-state index in [1.165, 1.54) is 12.3 Å². The normalized spacial score (nSPS) is 11.6. The molecule has 0 unspecified atom stereocenters. The molecule has 7 heteroatoms. The fourth-order valence-electron chi connectivity index (χ4n) is 1.99. The van der Waals surface area contributed by atoms with Crippen molar-refractivity contribution in [2.45, 2.75) is 31.4 Å². The summed E-state index contributed by atoms with van der Waals surface area (Å²) in [5.74, 6) is 0. The number of rotatable bonds is 6. The minimum absolute atomic E-state index is 0.134. The number of hydrogen-bond donors (Lipinski definition) is 2. The second-order valence-corrected chi connectivity index (χ2v) is 6.75. The zero-order valence-corrected chi connectivity index (χ0v) is 13.2. The highest BCUT2D eigenvalue weighted by Gasteiger charge is 2.18. The first-order valence-corrected chi connectivity index (χ1v) is 8.40. The summed E-state index contributed by atoms with van der Waals surface area (Å²) < 4.78 is 28.9. The molecule has 0 bridgehead atoms. The topological polar surface area (TPSA) is 71.3 Å². The number of aliphatic hydroxyl groups is 1. The van der Waals surface area contributed by atoms with Crippen molar-refractivity contribution in [3.63, 3.8) is 0 Å². The fraction of sp³-hybridized carbons (Fsp3) is 0.286. The van der Waals surface area contributed by atoms with Gasteiger partial charge in [-0.15, -0.1) is 0 Å². The molecule has 1 heterocycles. The molecule has 5 nitrogen and oxygen atoms in total. The monoisotopic (exact) mass is 328 g/mol. The van der Waals surface area contributed by atoms with E-state index in [1.807, 2.05) is 6.92 Å². The molecule has 114 valence electrons. The molecule has 0 radical (unpaired) electrons. The van der Waals surface area contributed by atoms with E-state index in [-0.39, 0.29) is 11.5 Å². The number of nitrogens with zero attached hydrogens (tertiary/aromatic N) is 1. The lowest BCUT2D eigenvalue weighted by Crippen LogP contribution is -2.12. The lowest BCUT2D eigenvalue weighted by Gasteiger charge is -2.06. The van der Waals surface area contributed by atoms with Crippen molar-refractivity contribution in [3.05, 3.63) is 47.2 Å². The summed E-state index contributed by atoms with van der Waals surface area (Å²) in [6.45, 7) is 2.45. The molecule has 0 aliphatic rings. The van der Waals surface area contributed by atoms with Crippen molar-refractivity contribution in [2.75, 3.05) is 4.72 Å². The number of halogens is 1. The zero-order valence-electron chi connectivity index (χ0n) is 11.6. The average Bonchev–Trinajstić information content (AvgIpc) is 2.86. The molecule has 21 heavy (non-hydrogen) atoms. The van der Waals surface area contributed by atoms with Gasteiger partial charge in [0.15, 0.2) is 0 Å². The van der Waals surface area contributed by atoms with Gasteiger partial charge in [0.1, 0.15) is 4.90 Å². The molecule has 1 aromatic carbocycles. The molecular formula is C14H17ClN2O3S. The summed E-state index contributed by atoms with van der Waals surface area (Å²) in [6.07, 6.45) is 2.39. The van der Waals surface area contributed by atoms with Crippen molar-refractivity contribution in [3.8, 4) is 0 Å². The molecule has 0 atom stereocenters. The molecule has 0 amide bonds. The predicted octanol–water partition coefficient (Wildman–Crippen LogP) is 2.84. The van der Waals surface area contributed by atoms with Gasteiger partial charge in [-0.05, 0) is 36.8 Å². The Labute approximate surface area is 129 Å². The maximum atomic E-state index is 12.3. The van der Waals surface area contributed by atoms with Crippen LogP contribution < -0.4 is 4.72 Å². The molecule has 0 saturated carbocycles. The van der Waals surface area contributed by atoms with Gasteiger partial charge in [0.05, 0.1) is 6.61 Å². The largest absolute Gasteiger partial charge is 0.390 e. The molecule has 0 aliphatic heterocycles. The third kappa shape index (κ3) is 3.78. The standard InChI is InChI=1S/C14H17ClN2O3S/c1-2-7-17-9-14(8-13(17)10-18)21(19,20)16-12-5-3-11(15)4-6-12/h3-6,8-9,16,18H,2,7,10H2,1H3. The molecular weight excluding hydrogens is 312 g/mol. The van der Waals surface area contributed by atoms with Gasteiger partial charge in [-0.1, -0.05) is 18.5 Å². The number of aryl methyl sites for hydroxylation is 1. The number of nitrogens with one attached hydrogen (secondary N) is 1. The molecule has 2 N–H and O–H groups in total. The van der Waals surface area contributed by atoms with Gasteiger partial charge in [-0.2, -0.15) is 0 Å². The van der Waals surface area contributed by atoms with Crippen LogP contribution in [-0.4, -0.2) is 18.1 Å². The summed E-state index contributed by atoms with van der Waals surface area (Å²) >= 11 is 5.77. The van der Waals surface area contributed by atoms with E-state index >= 15 is 0 Å². The number of aliphatic hydroxyl groups excluding tert-OH is 1. The minimum Gasteiger partial charge on any atom is -0.390 e. The van der Waals surface area contributed by atoms with Crippen molar-refractivity contribution >= 4 is 27.3 Å². The van der Waals surface area contributed by atoms with Crippen LogP contribution in [0.4, 0.5) is 5.69 Å².